The highest BCUT2D eigenvalue weighted by Crippen LogP contribution is 2.20. The summed E-state index contributed by atoms with van der Waals surface area (Å²) in [7, 11) is 0. The van der Waals surface area contributed by atoms with Crippen LogP contribution in [0, 0.1) is 0 Å². The molecule has 0 spiro atoms. The van der Waals surface area contributed by atoms with Gasteiger partial charge in [-0.3, -0.25) is 14.4 Å². The first-order valence-corrected chi connectivity index (χ1v) is 7.85. The number of unbranched alkanes of at least 4 members (excludes halogenated alkanes) is 1. The fourth-order valence-electron chi connectivity index (χ4n) is 1.54. The zero-order valence-electron chi connectivity index (χ0n) is 12.7. The van der Waals surface area contributed by atoms with Crippen LogP contribution in [0.2, 0.25) is 10.0 Å². The predicted octanol–water partition coefficient (Wildman–Crippen LogP) is 2.18. The number of hydrogen-bond donors (Lipinski definition) is 2. The second-order valence-corrected chi connectivity index (χ2v) is 5.50. The van der Waals surface area contributed by atoms with E-state index in [0.717, 1.165) is 12.8 Å². The Morgan fingerprint density at radius 1 is 1.13 bits per heavy atom. The van der Waals surface area contributed by atoms with Gasteiger partial charge in [0, 0.05) is 5.02 Å². The van der Waals surface area contributed by atoms with E-state index in [4.69, 9.17) is 27.9 Å². The van der Waals surface area contributed by atoms with Crippen molar-refractivity contribution in [2.45, 2.75) is 19.8 Å². The van der Waals surface area contributed by atoms with Gasteiger partial charge in [-0.1, -0.05) is 36.5 Å². The van der Waals surface area contributed by atoms with Crippen LogP contribution in [-0.2, 0) is 14.3 Å². The lowest BCUT2D eigenvalue weighted by molar-refractivity contribution is -0.143. The molecular weight excluding hydrogens is 343 g/mol. The molecule has 0 aliphatic rings. The first-order valence-electron chi connectivity index (χ1n) is 7.09. The van der Waals surface area contributed by atoms with E-state index in [1.165, 1.54) is 18.2 Å². The molecule has 1 aromatic rings. The summed E-state index contributed by atoms with van der Waals surface area (Å²) in [6.07, 6.45) is 1.69. The summed E-state index contributed by atoms with van der Waals surface area (Å²) in [4.78, 5) is 34.8. The van der Waals surface area contributed by atoms with Crippen LogP contribution in [0.1, 0.15) is 30.1 Å². The molecule has 0 unspecified atom stereocenters. The van der Waals surface area contributed by atoms with Crippen molar-refractivity contribution in [2.24, 2.45) is 0 Å². The van der Waals surface area contributed by atoms with Gasteiger partial charge in [0.05, 0.1) is 23.7 Å². The zero-order chi connectivity index (χ0) is 17.2. The number of esters is 1. The minimum Gasteiger partial charge on any atom is -0.464 e. The summed E-state index contributed by atoms with van der Waals surface area (Å²) in [6, 6.07) is 4.42. The summed E-state index contributed by atoms with van der Waals surface area (Å²) in [5.41, 5.74) is 0.211. The van der Waals surface area contributed by atoms with Gasteiger partial charge in [0.1, 0.15) is 6.54 Å². The molecule has 0 aromatic heterocycles. The molecule has 0 atom stereocenters. The quantitative estimate of drug-likeness (QED) is 0.549. The average molecular weight is 361 g/mol. The van der Waals surface area contributed by atoms with Crippen molar-refractivity contribution in [1.82, 2.24) is 10.6 Å². The molecule has 0 heterocycles. The van der Waals surface area contributed by atoms with Crippen molar-refractivity contribution >= 4 is 41.0 Å². The van der Waals surface area contributed by atoms with Crippen molar-refractivity contribution in [3.05, 3.63) is 33.8 Å². The van der Waals surface area contributed by atoms with Crippen LogP contribution in [0.5, 0.6) is 0 Å². The maximum Gasteiger partial charge on any atom is 0.325 e. The molecule has 126 valence electrons. The molecule has 1 rings (SSSR count). The first kappa shape index (κ1) is 19.3. The van der Waals surface area contributed by atoms with E-state index in [1.807, 2.05) is 6.92 Å². The third kappa shape index (κ3) is 7.34. The average Bonchev–Trinajstić information content (AvgIpc) is 2.51. The van der Waals surface area contributed by atoms with Crippen LogP contribution in [0.15, 0.2) is 18.2 Å². The number of rotatable bonds is 8. The summed E-state index contributed by atoms with van der Waals surface area (Å²) >= 11 is 11.6. The number of nitrogens with one attached hydrogen (secondary N) is 2. The Labute approximate surface area is 144 Å². The summed E-state index contributed by atoms with van der Waals surface area (Å²) in [6.45, 7) is 1.79. The van der Waals surface area contributed by atoms with E-state index in [2.05, 4.69) is 10.6 Å². The summed E-state index contributed by atoms with van der Waals surface area (Å²) < 4.78 is 4.88. The lowest BCUT2D eigenvalue weighted by atomic mass is 10.2. The topological polar surface area (TPSA) is 84.5 Å². The molecule has 2 N–H and O–H groups in total. The molecule has 0 aliphatic carbocycles. The number of benzene rings is 1. The smallest absolute Gasteiger partial charge is 0.325 e. The van der Waals surface area contributed by atoms with Crippen LogP contribution in [0.25, 0.3) is 0 Å². The van der Waals surface area contributed by atoms with Gasteiger partial charge in [0.2, 0.25) is 5.91 Å². The van der Waals surface area contributed by atoms with E-state index in [1.54, 1.807) is 0 Å². The molecule has 23 heavy (non-hydrogen) atoms. The third-order valence-electron chi connectivity index (χ3n) is 2.78. The lowest BCUT2D eigenvalue weighted by Gasteiger charge is -2.08. The minimum atomic E-state index is -0.515. The van der Waals surface area contributed by atoms with E-state index < -0.39 is 17.8 Å². The predicted molar refractivity (Wildman–Crippen MR) is 87.7 cm³/mol. The number of amides is 2. The highest BCUT2D eigenvalue weighted by Gasteiger charge is 2.12. The maximum absolute atomic E-state index is 11.9. The molecule has 0 saturated carbocycles. The molecule has 8 heteroatoms. The van der Waals surface area contributed by atoms with Crippen molar-refractivity contribution in [3.8, 4) is 0 Å². The van der Waals surface area contributed by atoms with E-state index in [9.17, 15) is 14.4 Å². The molecule has 0 radical (unpaired) electrons. The molecule has 1 aromatic carbocycles. The maximum atomic E-state index is 11.9. The molecular formula is C15H18Cl2N2O4. The van der Waals surface area contributed by atoms with Gasteiger partial charge in [-0.05, 0) is 24.6 Å². The van der Waals surface area contributed by atoms with Crippen molar-refractivity contribution in [1.29, 1.82) is 0 Å². The Morgan fingerprint density at radius 3 is 2.52 bits per heavy atom. The number of ether oxygens (including phenoxy) is 1. The van der Waals surface area contributed by atoms with Gasteiger partial charge < -0.3 is 15.4 Å². The minimum absolute atomic E-state index is 0.190. The van der Waals surface area contributed by atoms with Gasteiger partial charge in [0.15, 0.2) is 0 Å². The normalized spacial score (nSPS) is 10.0. The van der Waals surface area contributed by atoms with Crippen molar-refractivity contribution in [3.63, 3.8) is 0 Å². The molecule has 6 nitrogen and oxygen atoms in total. The monoisotopic (exact) mass is 360 g/mol. The number of halogens is 2. The number of carbonyl (C=O) groups excluding carboxylic acids is 3. The fraction of sp³-hybridized carbons (Fsp3) is 0.400. The van der Waals surface area contributed by atoms with Crippen LogP contribution in [-0.4, -0.2) is 37.5 Å². The molecule has 2 amide bonds. The zero-order valence-corrected chi connectivity index (χ0v) is 14.2. The molecule has 0 bridgehead atoms. The SMILES string of the molecule is CCCCOC(=O)CNC(=O)CNC(=O)c1ccc(Cl)cc1Cl. The second-order valence-electron chi connectivity index (χ2n) is 4.66. The Kier molecular flexibility index (Phi) is 8.43. The van der Waals surface area contributed by atoms with E-state index in [0.29, 0.717) is 11.6 Å². The number of hydrogen-bond acceptors (Lipinski definition) is 4. The molecule has 0 saturated heterocycles. The van der Waals surface area contributed by atoms with Crippen molar-refractivity contribution in [2.75, 3.05) is 19.7 Å². The van der Waals surface area contributed by atoms with E-state index >= 15 is 0 Å². The van der Waals surface area contributed by atoms with Crippen LogP contribution in [0.3, 0.4) is 0 Å². The first-order chi connectivity index (χ1) is 10.9. The van der Waals surface area contributed by atoms with Crippen LogP contribution >= 0.6 is 23.2 Å². The standard InChI is InChI=1S/C15H18Cl2N2O4/c1-2-3-6-23-14(21)9-18-13(20)8-19-15(22)11-5-4-10(16)7-12(11)17/h4-5,7H,2-3,6,8-9H2,1H3,(H,18,20)(H,19,22). The Bertz CT molecular complexity index is 579. The van der Waals surface area contributed by atoms with Gasteiger partial charge in [-0.25, -0.2) is 0 Å². The van der Waals surface area contributed by atoms with Crippen LogP contribution < -0.4 is 10.6 Å². The highest BCUT2D eigenvalue weighted by atomic mass is 35.5. The third-order valence-corrected chi connectivity index (χ3v) is 3.32. The van der Waals surface area contributed by atoms with Gasteiger partial charge >= 0.3 is 5.97 Å². The Morgan fingerprint density at radius 2 is 1.87 bits per heavy atom. The largest absolute Gasteiger partial charge is 0.464 e. The Balaban J connectivity index is 2.32. The molecule has 0 aliphatic heterocycles. The van der Waals surface area contributed by atoms with Crippen molar-refractivity contribution < 1.29 is 19.1 Å². The lowest BCUT2D eigenvalue weighted by Crippen LogP contribution is -2.39. The summed E-state index contributed by atoms with van der Waals surface area (Å²) in [5.74, 6) is -1.53. The van der Waals surface area contributed by atoms with Gasteiger partial charge in [0.25, 0.3) is 5.91 Å². The van der Waals surface area contributed by atoms with Gasteiger partial charge in [-0.2, -0.15) is 0 Å². The highest BCUT2D eigenvalue weighted by molar-refractivity contribution is 6.36. The fourth-order valence-corrected chi connectivity index (χ4v) is 2.04. The van der Waals surface area contributed by atoms with Crippen LogP contribution in [0.4, 0.5) is 0 Å². The van der Waals surface area contributed by atoms with Gasteiger partial charge in [-0.15, -0.1) is 0 Å². The van der Waals surface area contributed by atoms with E-state index in [-0.39, 0.29) is 23.7 Å². The second kappa shape index (κ2) is 10.1. The summed E-state index contributed by atoms with van der Waals surface area (Å²) in [5, 5.41) is 5.36. The number of carbonyl (C=O) groups is 3. The Hall–Kier alpha value is -1.79. The molecule has 0 fully saturated rings.